The maximum atomic E-state index is 12.4. The molecular formula is C12H15N5O8S2. The number of nitrogens with two attached hydrogens (primary N) is 1. The molecule has 1 aliphatic heterocycles. The number of nitrogens with zero attached hydrogens (tertiary/aromatic N) is 3. The van der Waals surface area contributed by atoms with Gasteiger partial charge in [-0.2, -0.15) is 12.7 Å². The lowest BCUT2D eigenvalue weighted by Crippen LogP contribution is -2.75. The highest BCUT2D eigenvalue weighted by Gasteiger charge is 2.58. The third-order valence-electron chi connectivity index (χ3n) is 3.28. The summed E-state index contributed by atoms with van der Waals surface area (Å²) in [7, 11) is -3.86. The normalized spacial score (nSPS) is 20.0. The predicted molar refractivity (Wildman–Crippen MR) is 90.8 cm³/mol. The standard InChI is InChI=1S/C12H15N5O8S2/c1-3-25-11(20)8-7(10(19)17(8)27(21,22)23)15-9(18)6(16-24-2)5-4-26-12(13)14-5/h4,7-8H,3H2,1-2H3,(H2,13,14)(H,15,18)(H,21,22,23)/t7-,8-/m1/s1. The van der Waals surface area contributed by atoms with E-state index in [9.17, 15) is 22.8 Å². The fourth-order valence-corrected chi connectivity index (χ4v) is 3.61. The van der Waals surface area contributed by atoms with E-state index in [0.29, 0.717) is 0 Å². The molecule has 1 aromatic heterocycles. The molecule has 4 N–H and O–H groups in total. The zero-order valence-corrected chi connectivity index (χ0v) is 15.6. The number of nitrogen functional groups attached to an aromatic ring is 1. The van der Waals surface area contributed by atoms with E-state index in [0.717, 1.165) is 11.3 Å². The summed E-state index contributed by atoms with van der Waals surface area (Å²) in [4.78, 5) is 44.9. The van der Waals surface area contributed by atoms with Crippen LogP contribution in [0.2, 0.25) is 0 Å². The Balaban J connectivity index is 2.27. The first-order valence-corrected chi connectivity index (χ1v) is 9.50. The second-order valence-corrected chi connectivity index (χ2v) is 7.13. The Morgan fingerprint density at radius 3 is 2.67 bits per heavy atom. The van der Waals surface area contributed by atoms with Gasteiger partial charge in [0.1, 0.15) is 18.8 Å². The van der Waals surface area contributed by atoms with E-state index in [4.69, 9.17) is 10.3 Å². The molecule has 1 saturated heterocycles. The highest BCUT2D eigenvalue weighted by molar-refractivity contribution is 7.84. The third kappa shape index (κ3) is 4.15. The summed E-state index contributed by atoms with van der Waals surface area (Å²) in [6.45, 7) is 1.34. The van der Waals surface area contributed by atoms with Crippen LogP contribution in [0, 0.1) is 0 Å². The first-order valence-electron chi connectivity index (χ1n) is 7.22. The number of carbonyl (C=O) groups is 3. The van der Waals surface area contributed by atoms with E-state index in [1.807, 2.05) is 0 Å². The molecule has 0 aliphatic carbocycles. The van der Waals surface area contributed by atoms with Gasteiger partial charge in [-0.05, 0) is 6.92 Å². The number of carbonyl (C=O) groups excluding carboxylic acids is 3. The third-order valence-corrected chi connectivity index (χ3v) is 4.86. The van der Waals surface area contributed by atoms with Gasteiger partial charge in [-0.15, -0.1) is 11.3 Å². The lowest BCUT2D eigenvalue weighted by Gasteiger charge is -2.42. The lowest BCUT2D eigenvalue weighted by atomic mass is 9.98. The molecule has 148 valence electrons. The minimum Gasteiger partial charge on any atom is -0.464 e. The van der Waals surface area contributed by atoms with Crippen LogP contribution < -0.4 is 11.1 Å². The molecule has 0 saturated carbocycles. The summed E-state index contributed by atoms with van der Waals surface area (Å²) in [5, 5.41) is 7.21. The van der Waals surface area contributed by atoms with Gasteiger partial charge in [0, 0.05) is 5.38 Å². The fraction of sp³-hybridized carbons (Fsp3) is 0.417. The molecule has 1 fully saturated rings. The van der Waals surface area contributed by atoms with Crippen molar-refractivity contribution in [1.29, 1.82) is 0 Å². The van der Waals surface area contributed by atoms with Crippen LogP contribution in [-0.4, -0.2) is 71.6 Å². The Hall–Kier alpha value is -2.78. The van der Waals surface area contributed by atoms with Crippen LogP contribution in [-0.2, 0) is 34.3 Å². The summed E-state index contributed by atoms with van der Waals surface area (Å²) in [5.41, 5.74) is 5.19. The van der Waals surface area contributed by atoms with Crippen molar-refractivity contribution >= 4 is 50.3 Å². The van der Waals surface area contributed by atoms with Gasteiger partial charge in [-0.3, -0.25) is 14.1 Å². The zero-order chi connectivity index (χ0) is 20.4. The molecule has 27 heavy (non-hydrogen) atoms. The van der Waals surface area contributed by atoms with Gasteiger partial charge in [0.15, 0.2) is 16.9 Å². The highest BCUT2D eigenvalue weighted by atomic mass is 32.2. The number of thiazole rings is 1. The van der Waals surface area contributed by atoms with Gasteiger partial charge < -0.3 is 20.6 Å². The van der Waals surface area contributed by atoms with E-state index in [-0.39, 0.29) is 27.4 Å². The van der Waals surface area contributed by atoms with Gasteiger partial charge in [0.05, 0.1) is 6.61 Å². The maximum Gasteiger partial charge on any atom is 0.363 e. The number of β-lactam (4-membered cyclic amide) rings is 1. The van der Waals surface area contributed by atoms with Crippen LogP contribution in [0.1, 0.15) is 12.6 Å². The Labute approximate surface area is 157 Å². The zero-order valence-electron chi connectivity index (χ0n) is 14.0. The van der Waals surface area contributed by atoms with Crippen molar-refractivity contribution in [3.05, 3.63) is 11.1 Å². The Kier molecular flexibility index (Phi) is 5.97. The molecule has 0 radical (unpaired) electrons. The van der Waals surface area contributed by atoms with Crippen molar-refractivity contribution in [2.75, 3.05) is 19.5 Å². The quantitative estimate of drug-likeness (QED) is 0.148. The minimum atomic E-state index is -5.03. The fourth-order valence-electron chi connectivity index (χ4n) is 2.22. The van der Waals surface area contributed by atoms with Crippen LogP contribution in [0.4, 0.5) is 5.13 Å². The number of amides is 2. The molecule has 2 rings (SSSR count). The molecule has 0 aromatic carbocycles. The molecule has 0 bridgehead atoms. The Bertz CT molecular complexity index is 895. The van der Waals surface area contributed by atoms with Gasteiger partial charge in [-0.1, -0.05) is 5.16 Å². The Morgan fingerprint density at radius 1 is 1.52 bits per heavy atom. The van der Waals surface area contributed by atoms with E-state index in [2.05, 4.69) is 25.0 Å². The minimum absolute atomic E-state index is 0.0444. The first-order chi connectivity index (χ1) is 12.6. The molecule has 13 nitrogen and oxygen atoms in total. The molecule has 2 heterocycles. The number of rotatable bonds is 7. The average molecular weight is 421 g/mol. The largest absolute Gasteiger partial charge is 0.464 e. The van der Waals surface area contributed by atoms with Crippen molar-refractivity contribution in [3.8, 4) is 0 Å². The lowest BCUT2D eigenvalue weighted by molar-refractivity contribution is -0.163. The molecule has 1 aromatic rings. The molecular weight excluding hydrogens is 406 g/mol. The monoisotopic (exact) mass is 421 g/mol. The topological polar surface area (TPSA) is 191 Å². The number of ether oxygens (including phenoxy) is 1. The molecule has 0 unspecified atom stereocenters. The Morgan fingerprint density at radius 2 is 2.19 bits per heavy atom. The molecule has 0 spiro atoms. The van der Waals surface area contributed by atoms with E-state index < -0.39 is 40.2 Å². The van der Waals surface area contributed by atoms with E-state index in [1.54, 1.807) is 0 Å². The van der Waals surface area contributed by atoms with Crippen molar-refractivity contribution < 1.29 is 36.9 Å². The maximum absolute atomic E-state index is 12.4. The summed E-state index contributed by atoms with van der Waals surface area (Å²) >= 11 is 1.02. The summed E-state index contributed by atoms with van der Waals surface area (Å²) in [5.74, 6) is -3.33. The molecule has 2 atom stereocenters. The summed E-state index contributed by atoms with van der Waals surface area (Å²) in [6.07, 6.45) is 0. The molecule has 2 amide bonds. The van der Waals surface area contributed by atoms with Crippen LogP contribution in [0.25, 0.3) is 0 Å². The van der Waals surface area contributed by atoms with Crippen LogP contribution in [0.3, 0.4) is 0 Å². The number of anilines is 1. The predicted octanol–water partition coefficient (Wildman–Crippen LogP) is -1.86. The SMILES string of the molecule is CCOC(=O)[C@H]1[C@@H](NC(=O)C(=NOC)c2csc(N)n2)C(=O)N1S(=O)(=O)O. The smallest absolute Gasteiger partial charge is 0.363 e. The van der Waals surface area contributed by atoms with Gasteiger partial charge in [-0.25, -0.2) is 9.78 Å². The first kappa shape index (κ1) is 20.5. The average Bonchev–Trinajstić information content (AvgIpc) is 2.99. The van der Waals surface area contributed by atoms with Crippen LogP contribution in [0.15, 0.2) is 10.5 Å². The van der Waals surface area contributed by atoms with Gasteiger partial charge >= 0.3 is 16.3 Å². The van der Waals surface area contributed by atoms with Crippen molar-refractivity contribution in [2.24, 2.45) is 5.16 Å². The second kappa shape index (κ2) is 7.85. The van der Waals surface area contributed by atoms with Crippen molar-refractivity contribution in [1.82, 2.24) is 14.6 Å². The molecule has 15 heteroatoms. The molecule has 1 aliphatic rings. The second-order valence-electron chi connectivity index (χ2n) is 4.95. The number of esters is 1. The van der Waals surface area contributed by atoms with Crippen molar-refractivity contribution in [3.63, 3.8) is 0 Å². The van der Waals surface area contributed by atoms with Gasteiger partial charge in [0.2, 0.25) is 0 Å². The van der Waals surface area contributed by atoms with E-state index in [1.165, 1.54) is 19.4 Å². The summed E-state index contributed by atoms with van der Waals surface area (Å²) in [6, 6.07) is -3.36. The number of hydrogen-bond acceptors (Lipinski definition) is 11. The van der Waals surface area contributed by atoms with Crippen LogP contribution in [0.5, 0.6) is 0 Å². The highest BCUT2D eigenvalue weighted by Crippen LogP contribution is 2.25. The number of aromatic nitrogens is 1. The van der Waals surface area contributed by atoms with E-state index >= 15 is 0 Å². The summed E-state index contributed by atoms with van der Waals surface area (Å²) < 4.78 is 36.3. The van der Waals surface area contributed by atoms with Gasteiger partial charge in [0.25, 0.3) is 11.8 Å². The van der Waals surface area contributed by atoms with Crippen molar-refractivity contribution in [2.45, 2.75) is 19.0 Å². The number of hydrogen-bond donors (Lipinski definition) is 3. The van der Waals surface area contributed by atoms with Crippen LogP contribution >= 0.6 is 11.3 Å². The number of nitrogens with one attached hydrogen (secondary N) is 1. The number of oxime groups is 1.